The van der Waals surface area contributed by atoms with Gasteiger partial charge in [-0.15, -0.1) is 0 Å². The van der Waals surface area contributed by atoms with Gasteiger partial charge in [-0.2, -0.15) is 0 Å². The van der Waals surface area contributed by atoms with Crippen molar-refractivity contribution in [1.82, 2.24) is 0 Å². The van der Waals surface area contributed by atoms with Crippen LogP contribution in [0.5, 0.6) is 0 Å². The van der Waals surface area contributed by atoms with E-state index in [1.165, 1.54) is 55.6 Å². The van der Waals surface area contributed by atoms with E-state index in [1.54, 1.807) is 3.81 Å². The molecule has 0 atom stereocenters. The van der Waals surface area contributed by atoms with Crippen LogP contribution in [0.25, 0.3) is 22.3 Å². The van der Waals surface area contributed by atoms with Gasteiger partial charge in [-0.25, -0.2) is 0 Å². The van der Waals surface area contributed by atoms with Crippen LogP contribution in [-0.2, 0) is 17.4 Å². The van der Waals surface area contributed by atoms with Crippen LogP contribution in [0, 0.1) is 0 Å². The van der Waals surface area contributed by atoms with E-state index in [1.807, 2.05) is 0 Å². The van der Waals surface area contributed by atoms with E-state index in [4.69, 9.17) is 0 Å². The van der Waals surface area contributed by atoms with E-state index in [-0.39, 0.29) is 24.8 Å². The maximum atomic E-state index is 2.41. The van der Waals surface area contributed by atoms with Crippen molar-refractivity contribution in [2.24, 2.45) is 0 Å². The fourth-order valence-corrected chi connectivity index (χ4v) is 13.8. The minimum absolute atomic E-state index is 0. The summed E-state index contributed by atoms with van der Waals surface area (Å²) >= 11 is -2.36. The second kappa shape index (κ2) is 12.0. The Balaban J connectivity index is 0.00000158. The predicted octanol–water partition coefficient (Wildman–Crippen LogP) is 3.42. The molecule has 0 fully saturated rings. The van der Waals surface area contributed by atoms with Crippen molar-refractivity contribution in [2.45, 2.75) is 8.45 Å². The molecule has 0 N–H and O–H groups in total. The first-order valence-corrected chi connectivity index (χ1v) is 16.7. The molecule has 0 aliphatic heterocycles. The van der Waals surface area contributed by atoms with Gasteiger partial charge in [0.1, 0.15) is 0 Å². The van der Waals surface area contributed by atoms with Crippen molar-refractivity contribution < 1.29 is 42.2 Å². The van der Waals surface area contributed by atoms with Gasteiger partial charge in [0.05, 0.1) is 0 Å². The second-order valence-electron chi connectivity index (χ2n) is 10.8. The summed E-state index contributed by atoms with van der Waals surface area (Å²) < 4.78 is 2.34. The van der Waals surface area contributed by atoms with Crippen molar-refractivity contribution >= 4 is 3.81 Å². The summed E-state index contributed by atoms with van der Waals surface area (Å²) in [5, 5.41) is 0. The standard InChI is InChI=1S/2C13H9.C13H10.2ClH.Ti/c2*1-3-7-12-10(5-1)9-11-6-2-4-8-13(11)12;1-3-7-12(8-4-1)11-13-9-5-2-6-10-13;;;/h2*1-9H;1-10H;2*1H;/q;;;;;+2/p-2. The molecule has 202 valence electrons. The molecular weight excluding hydrogens is 587 g/mol. The third-order valence-corrected chi connectivity index (χ3v) is 14.4. The third-order valence-electron chi connectivity index (χ3n) is 8.70. The summed E-state index contributed by atoms with van der Waals surface area (Å²) in [4.78, 5) is 0. The molecule has 0 aromatic heterocycles. The Bertz CT molecular complexity index is 1680. The number of rotatable bonds is 4. The first kappa shape index (κ1) is 28.6. The Morgan fingerprint density at radius 1 is 0.333 bits per heavy atom. The Hall–Kier alpha value is -3.52. The first-order valence-electron chi connectivity index (χ1n) is 14.1. The van der Waals surface area contributed by atoms with E-state index in [9.17, 15) is 0 Å². The average Bonchev–Trinajstić information content (AvgIpc) is 3.54. The van der Waals surface area contributed by atoms with E-state index < -0.39 is 17.4 Å². The number of hydrogen-bond acceptors (Lipinski definition) is 0. The van der Waals surface area contributed by atoms with Crippen LogP contribution in [0.1, 0.15) is 41.8 Å². The first-order chi connectivity index (χ1) is 19.9. The molecule has 6 aromatic rings. The van der Waals surface area contributed by atoms with Gasteiger partial charge in [-0.1, -0.05) is 0 Å². The Kier molecular flexibility index (Phi) is 8.17. The summed E-state index contributed by atoms with van der Waals surface area (Å²) in [7, 11) is 0. The van der Waals surface area contributed by atoms with Crippen LogP contribution in [0.4, 0.5) is 0 Å². The molecule has 0 saturated heterocycles. The predicted molar refractivity (Wildman–Crippen MR) is 164 cm³/mol. The van der Waals surface area contributed by atoms with Gasteiger partial charge < -0.3 is 24.8 Å². The van der Waals surface area contributed by atoms with Gasteiger partial charge in [-0.05, 0) is 0 Å². The average molecular weight is 615 g/mol. The van der Waals surface area contributed by atoms with Gasteiger partial charge in [-0.3, -0.25) is 0 Å². The van der Waals surface area contributed by atoms with Gasteiger partial charge in [0.15, 0.2) is 0 Å². The van der Waals surface area contributed by atoms with Crippen molar-refractivity contribution in [3.63, 3.8) is 0 Å². The molecule has 3 heteroatoms. The SMILES string of the molecule is [Cl-].[Cl-].c1ccc([C](c2ccccc2)=[Ti+2]([CH]2c3ccccc3-c3ccccc32)[CH]2c3ccccc3-c3ccccc32)cc1. The van der Waals surface area contributed by atoms with Crippen molar-refractivity contribution in [1.29, 1.82) is 0 Å². The summed E-state index contributed by atoms with van der Waals surface area (Å²) in [6.07, 6.45) is 0. The fourth-order valence-electron chi connectivity index (χ4n) is 7.15. The van der Waals surface area contributed by atoms with Crippen LogP contribution in [-0.4, -0.2) is 3.81 Å². The van der Waals surface area contributed by atoms with Crippen molar-refractivity contribution in [2.75, 3.05) is 0 Å². The van der Waals surface area contributed by atoms with Crippen molar-refractivity contribution in [3.8, 4) is 22.3 Å². The molecule has 0 amide bonds. The monoisotopic (exact) mass is 614 g/mol. The van der Waals surface area contributed by atoms with E-state index in [2.05, 4.69) is 158 Å². The normalized spacial score (nSPS) is 12.5. The molecule has 8 rings (SSSR count). The molecule has 6 aromatic carbocycles. The molecule has 2 aliphatic rings. The third kappa shape index (κ3) is 4.55. The fraction of sp³-hybridized carbons (Fsp3) is 0.0513. The van der Waals surface area contributed by atoms with Gasteiger partial charge >= 0.3 is 243 Å². The van der Waals surface area contributed by atoms with E-state index in [0.29, 0.717) is 8.45 Å². The van der Waals surface area contributed by atoms with Gasteiger partial charge in [0.25, 0.3) is 0 Å². The summed E-state index contributed by atoms with van der Waals surface area (Å²) in [6.45, 7) is 0. The Labute approximate surface area is 266 Å². The van der Waals surface area contributed by atoms with Crippen LogP contribution in [0.15, 0.2) is 158 Å². The minimum atomic E-state index is -2.36. The number of fused-ring (bicyclic) bond motifs is 6. The van der Waals surface area contributed by atoms with Crippen LogP contribution in [0.2, 0.25) is 0 Å². The number of benzene rings is 6. The van der Waals surface area contributed by atoms with E-state index in [0.717, 1.165) is 0 Å². The number of halogens is 2. The van der Waals surface area contributed by atoms with E-state index >= 15 is 0 Å². The summed E-state index contributed by atoms with van der Waals surface area (Å²) in [5.74, 6) is 0. The Morgan fingerprint density at radius 2 is 0.595 bits per heavy atom. The molecule has 42 heavy (non-hydrogen) atoms. The Morgan fingerprint density at radius 3 is 0.905 bits per heavy atom. The molecule has 0 nitrogen and oxygen atoms in total. The molecule has 0 radical (unpaired) electrons. The van der Waals surface area contributed by atoms with Crippen molar-refractivity contribution in [3.05, 3.63) is 191 Å². The second-order valence-corrected chi connectivity index (χ2v) is 14.8. The molecule has 2 aliphatic carbocycles. The molecule has 0 unspecified atom stereocenters. The zero-order valence-corrected chi connectivity index (χ0v) is 26.0. The molecule has 0 saturated carbocycles. The zero-order valence-electron chi connectivity index (χ0n) is 22.9. The quantitative estimate of drug-likeness (QED) is 0.267. The van der Waals surface area contributed by atoms with Crippen LogP contribution in [0.3, 0.4) is 0 Å². The zero-order chi connectivity index (χ0) is 26.5. The van der Waals surface area contributed by atoms with Crippen LogP contribution >= 0.6 is 0 Å². The van der Waals surface area contributed by atoms with Crippen LogP contribution < -0.4 is 24.8 Å². The van der Waals surface area contributed by atoms with Gasteiger partial charge in [0, 0.05) is 0 Å². The molecular formula is C39H28Cl2Ti. The summed E-state index contributed by atoms with van der Waals surface area (Å²) in [5.41, 5.74) is 14.4. The molecule has 0 bridgehead atoms. The topological polar surface area (TPSA) is 0 Å². The molecule has 0 heterocycles. The molecule has 0 spiro atoms. The summed E-state index contributed by atoms with van der Waals surface area (Å²) in [6, 6.07) is 59.3. The maximum absolute atomic E-state index is 2.41. The number of hydrogen-bond donors (Lipinski definition) is 0. The van der Waals surface area contributed by atoms with Gasteiger partial charge in [0.2, 0.25) is 0 Å².